The van der Waals surface area contributed by atoms with Gasteiger partial charge in [-0.25, -0.2) is 9.48 Å². The Kier molecular flexibility index (Phi) is 5.27. The van der Waals surface area contributed by atoms with Gasteiger partial charge in [0.1, 0.15) is 5.82 Å². The highest BCUT2D eigenvalue weighted by Gasteiger charge is 2.28. The molecule has 2 aromatic rings. The van der Waals surface area contributed by atoms with E-state index in [0.29, 0.717) is 31.1 Å². The molecular weight excluding hydrogens is 344 g/mol. The van der Waals surface area contributed by atoms with E-state index in [0.717, 1.165) is 25.2 Å². The molecule has 25 heavy (non-hydrogen) atoms. The zero-order valence-corrected chi connectivity index (χ0v) is 15.3. The Balaban J connectivity index is 1.65. The maximum Gasteiger partial charge on any atom is 0.345 e. The van der Waals surface area contributed by atoms with Gasteiger partial charge in [0.25, 0.3) is 0 Å². The molecule has 8 nitrogen and oxygen atoms in total. The number of hydrogen-bond donors (Lipinski definition) is 0. The van der Waals surface area contributed by atoms with Crippen LogP contribution in [0.4, 0.5) is 0 Å². The highest BCUT2D eigenvalue weighted by Crippen LogP contribution is 2.25. The lowest BCUT2D eigenvalue weighted by molar-refractivity contribution is -0.132. The molecule has 0 radical (unpaired) electrons. The van der Waals surface area contributed by atoms with Gasteiger partial charge in [-0.3, -0.25) is 14.0 Å². The number of nitrogens with zero attached hydrogens (tertiary/aromatic N) is 6. The van der Waals surface area contributed by atoms with E-state index in [2.05, 4.69) is 10.2 Å². The molecule has 1 aliphatic rings. The molecule has 3 rings (SSSR count). The molecule has 9 heteroatoms. The predicted molar refractivity (Wildman–Crippen MR) is 93.6 cm³/mol. The van der Waals surface area contributed by atoms with E-state index < -0.39 is 0 Å². The molecule has 1 aliphatic heterocycles. The summed E-state index contributed by atoms with van der Waals surface area (Å²) in [6.07, 6.45) is 5.51. The summed E-state index contributed by atoms with van der Waals surface area (Å²) >= 11 is 5.84. The van der Waals surface area contributed by atoms with Crippen molar-refractivity contribution in [2.75, 3.05) is 13.1 Å². The van der Waals surface area contributed by atoms with Crippen LogP contribution in [-0.2, 0) is 24.9 Å². The Hall–Kier alpha value is -2.09. The fourth-order valence-electron chi connectivity index (χ4n) is 3.37. The molecule has 0 spiro atoms. The van der Waals surface area contributed by atoms with Gasteiger partial charge in [-0.05, 0) is 19.8 Å². The van der Waals surface area contributed by atoms with Crippen molar-refractivity contribution in [1.82, 2.24) is 29.0 Å². The summed E-state index contributed by atoms with van der Waals surface area (Å²) in [6, 6.07) is 0. The zero-order valence-electron chi connectivity index (χ0n) is 14.6. The standard InChI is InChI=1S/C16H23ClN6O2/c1-3-23-15(19-20(2)16(23)25)12-5-4-7-21(10-12)14(24)6-8-22-11-13(17)9-18-22/h9,11-12H,3-8,10H2,1-2H3. The summed E-state index contributed by atoms with van der Waals surface area (Å²) in [4.78, 5) is 26.5. The topological polar surface area (TPSA) is 78.0 Å². The van der Waals surface area contributed by atoms with Gasteiger partial charge in [-0.2, -0.15) is 10.2 Å². The number of aromatic nitrogens is 5. The third-order valence-electron chi connectivity index (χ3n) is 4.65. The molecule has 0 saturated carbocycles. The Labute approximate surface area is 151 Å². The van der Waals surface area contributed by atoms with Crippen LogP contribution in [0.1, 0.15) is 37.9 Å². The van der Waals surface area contributed by atoms with E-state index in [1.54, 1.807) is 28.7 Å². The van der Waals surface area contributed by atoms with Crippen molar-refractivity contribution < 1.29 is 4.79 Å². The monoisotopic (exact) mass is 366 g/mol. The number of carbonyl (C=O) groups is 1. The number of likely N-dealkylation sites (tertiary alicyclic amines) is 1. The average molecular weight is 367 g/mol. The summed E-state index contributed by atoms with van der Waals surface area (Å²) in [6.45, 7) is 4.39. The number of halogens is 1. The summed E-state index contributed by atoms with van der Waals surface area (Å²) < 4.78 is 4.75. The van der Waals surface area contributed by atoms with E-state index in [-0.39, 0.29) is 17.5 Å². The maximum atomic E-state index is 12.5. The second-order valence-corrected chi connectivity index (χ2v) is 6.80. The molecule has 0 N–H and O–H groups in total. The Bertz CT molecular complexity index is 808. The number of carbonyl (C=O) groups excluding carboxylic acids is 1. The molecule has 136 valence electrons. The molecule has 1 saturated heterocycles. The van der Waals surface area contributed by atoms with Gasteiger partial charge in [0.05, 0.1) is 11.2 Å². The SMILES string of the molecule is CCn1c(C2CCCN(C(=O)CCn3cc(Cl)cn3)C2)nn(C)c1=O. The molecule has 1 unspecified atom stereocenters. The lowest BCUT2D eigenvalue weighted by atomic mass is 9.97. The minimum atomic E-state index is -0.100. The van der Waals surface area contributed by atoms with Gasteiger partial charge in [0.2, 0.25) is 5.91 Å². The number of piperidine rings is 1. The van der Waals surface area contributed by atoms with Crippen molar-refractivity contribution in [3.05, 3.63) is 33.7 Å². The summed E-state index contributed by atoms with van der Waals surface area (Å²) in [7, 11) is 1.67. The van der Waals surface area contributed by atoms with Crippen LogP contribution in [0.5, 0.6) is 0 Å². The number of aryl methyl sites for hydroxylation is 2. The first kappa shape index (κ1) is 17.7. The lowest BCUT2D eigenvalue weighted by Gasteiger charge is -2.32. The Morgan fingerprint density at radius 1 is 1.44 bits per heavy atom. The largest absolute Gasteiger partial charge is 0.345 e. The summed E-state index contributed by atoms with van der Waals surface area (Å²) in [5.41, 5.74) is -0.100. The van der Waals surface area contributed by atoms with Crippen molar-refractivity contribution in [3.63, 3.8) is 0 Å². The van der Waals surface area contributed by atoms with Gasteiger partial charge in [0.15, 0.2) is 0 Å². The van der Waals surface area contributed by atoms with E-state index in [9.17, 15) is 9.59 Å². The van der Waals surface area contributed by atoms with Gasteiger partial charge < -0.3 is 4.90 Å². The van der Waals surface area contributed by atoms with Crippen molar-refractivity contribution in [3.8, 4) is 0 Å². The van der Waals surface area contributed by atoms with Crippen molar-refractivity contribution in [2.24, 2.45) is 7.05 Å². The third-order valence-corrected chi connectivity index (χ3v) is 4.84. The second-order valence-electron chi connectivity index (χ2n) is 6.36. The maximum absolute atomic E-state index is 12.5. The van der Waals surface area contributed by atoms with E-state index in [4.69, 9.17) is 11.6 Å². The number of rotatable bonds is 5. The van der Waals surface area contributed by atoms with Gasteiger partial charge in [0, 0.05) is 51.8 Å². The van der Waals surface area contributed by atoms with Crippen molar-refractivity contribution in [1.29, 1.82) is 0 Å². The summed E-state index contributed by atoms with van der Waals surface area (Å²) in [5.74, 6) is 0.981. The first-order valence-corrected chi connectivity index (χ1v) is 8.96. The number of hydrogen-bond acceptors (Lipinski definition) is 4. The molecule has 0 bridgehead atoms. The molecule has 0 aliphatic carbocycles. The van der Waals surface area contributed by atoms with Crippen LogP contribution < -0.4 is 5.69 Å². The van der Waals surface area contributed by atoms with Crippen LogP contribution in [0.3, 0.4) is 0 Å². The molecule has 1 amide bonds. The molecule has 1 atom stereocenters. The molecule has 3 heterocycles. The normalized spacial score (nSPS) is 17.9. The van der Waals surface area contributed by atoms with Gasteiger partial charge in [-0.15, -0.1) is 0 Å². The fraction of sp³-hybridized carbons (Fsp3) is 0.625. The van der Waals surface area contributed by atoms with Crippen LogP contribution >= 0.6 is 11.6 Å². The minimum Gasteiger partial charge on any atom is -0.342 e. The molecule has 0 aromatic carbocycles. The van der Waals surface area contributed by atoms with Crippen LogP contribution in [0, 0.1) is 0 Å². The highest BCUT2D eigenvalue weighted by molar-refractivity contribution is 6.30. The van der Waals surface area contributed by atoms with Crippen molar-refractivity contribution >= 4 is 17.5 Å². The van der Waals surface area contributed by atoms with Crippen LogP contribution in [0.25, 0.3) is 0 Å². The molecule has 1 fully saturated rings. The minimum absolute atomic E-state index is 0.0950. The first-order valence-electron chi connectivity index (χ1n) is 8.59. The zero-order chi connectivity index (χ0) is 18.0. The van der Waals surface area contributed by atoms with E-state index >= 15 is 0 Å². The smallest absolute Gasteiger partial charge is 0.342 e. The third kappa shape index (κ3) is 3.78. The van der Waals surface area contributed by atoms with Crippen molar-refractivity contribution in [2.45, 2.75) is 45.2 Å². The first-order chi connectivity index (χ1) is 12.0. The summed E-state index contributed by atoms with van der Waals surface area (Å²) in [5, 5.41) is 9.06. The van der Waals surface area contributed by atoms with Gasteiger partial charge >= 0.3 is 5.69 Å². The van der Waals surface area contributed by atoms with Crippen LogP contribution in [0.15, 0.2) is 17.2 Å². The van der Waals surface area contributed by atoms with Crippen LogP contribution in [0.2, 0.25) is 5.02 Å². The fourth-order valence-corrected chi connectivity index (χ4v) is 3.52. The highest BCUT2D eigenvalue weighted by atomic mass is 35.5. The van der Waals surface area contributed by atoms with Gasteiger partial charge in [-0.1, -0.05) is 11.6 Å². The second kappa shape index (κ2) is 7.43. The quantitative estimate of drug-likeness (QED) is 0.797. The molecular formula is C16H23ClN6O2. The van der Waals surface area contributed by atoms with E-state index in [1.165, 1.54) is 4.68 Å². The lowest BCUT2D eigenvalue weighted by Crippen LogP contribution is -2.40. The van der Waals surface area contributed by atoms with E-state index in [1.807, 2.05) is 11.8 Å². The van der Waals surface area contributed by atoms with Crippen LogP contribution in [-0.4, -0.2) is 48.0 Å². The Morgan fingerprint density at radius 2 is 2.24 bits per heavy atom. The predicted octanol–water partition coefficient (Wildman–Crippen LogP) is 1.25. The molecule has 2 aromatic heterocycles. The number of amides is 1. The average Bonchev–Trinajstić information content (AvgIpc) is 3.16. The Morgan fingerprint density at radius 3 is 2.92 bits per heavy atom.